The molecule has 0 spiro atoms. The van der Waals surface area contributed by atoms with Gasteiger partial charge in [-0.15, -0.1) is 0 Å². The summed E-state index contributed by atoms with van der Waals surface area (Å²) in [4.78, 5) is 2.52. The molecular weight excluding hydrogens is 248 g/mol. The number of nitrogens with zero attached hydrogens (tertiary/aromatic N) is 1. The normalized spacial score (nSPS) is 29.4. The zero-order valence-electron chi connectivity index (χ0n) is 12.4. The van der Waals surface area contributed by atoms with Crippen LogP contribution >= 0.6 is 0 Å². The molecule has 1 saturated heterocycles. The lowest BCUT2D eigenvalue weighted by molar-refractivity contribution is 0.0765. The van der Waals surface area contributed by atoms with E-state index in [0.29, 0.717) is 0 Å². The van der Waals surface area contributed by atoms with Gasteiger partial charge in [-0.2, -0.15) is 0 Å². The van der Waals surface area contributed by atoms with Gasteiger partial charge in [-0.1, -0.05) is 18.2 Å². The fraction of sp³-hybridized carbons (Fsp3) is 0.647. The van der Waals surface area contributed by atoms with Crippen LogP contribution < -0.4 is 10.1 Å². The van der Waals surface area contributed by atoms with Crippen molar-refractivity contribution in [2.45, 2.75) is 37.8 Å². The lowest BCUT2D eigenvalue weighted by Crippen LogP contribution is -2.51. The third-order valence-electron chi connectivity index (χ3n) is 4.91. The van der Waals surface area contributed by atoms with Crippen LogP contribution in [0.3, 0.4) is 0 Å². The molecule has 1 aromatic carbocycles. The molecule has 1 aromatic rings. The monoisotopic (exact) mass is 274 g/mol. The summed E-state index contributed by atoms with van der Waals surface area (Å²) in [7, 11) is 2.27. The van der Waals surface area contributed by atoms with Crippen molar-refractivity contribution in [1.29, 1.82) is 0 Å². The molecule has 1 aliphatic heterocycles. The highest BCUT2D eigenvalue weighted by Crippen LogP contribution is 2.32. The van der Waals surface area contributed by atoms with Crippen molar-refractivity contribution in [2.24, 2.45) is 5.92 Å². The molecule has 1 N–H and O–H groups in total. The van der Waals surface area contributed by atoms with Crippen LogP contribution in [-0.4, -0.2) is 43.7 Å². The fourth-order valence-electron chi connectivity index (χ4n) is 3.79. The predicted octanol–water partition coefficient (Wildman–Crippen LogP) is 2.53. The molecule has 1 aliphatic carbocycles. The van der Waals surface area contributed by atoms with Crippen molar-refractivity contribution >= 4 is 0 Å². The van der Waals surface area contributed by atoms with E-state index in [-0.39, 0.29) is 0 Å². The average Bonchev–Trinajstić information content (AvgIpc) is 2.48. The van der Waals surface area contributed by atoms with Gasteiger partial charge in [0.25, 0.3) is 0 Å². The fourth-order valence-corrected chi connectivity index (χ4v) is 3.79. The van der Waals surface area contributed by atoms with Crippen LogP contribution in [0.4, 0.5) is 0 Å². The molecule has 3 unspecified atom stereocenters. The maximum Gasteiger partial charge on any atom is 0.119 e. The number of nitrogens with one attached hydrogen (secondary N) is 1. The number of hydrogen-bond acceptors (Lipinski definition) is 3. The van der Waals surface area contributed by atoms with E-state index in [1.165, 1.54) is 32.2 Å². The van der Waals surface area contributed by atoms with Crippen molar-refractivity contribution in [3.05, 3.63) is 30.3 Å². The molecular formula is C17H26N2O. The van der Waals surface area contributed by atoms with E-state index >= 15 is 0 Å². The third-order valence-corrected chi connectivity index (χ3v) is 4.91. The Bertz CT molecular complexity index is 409. The van der Waals surface area contributed by atoms with Crippen LogP contribution in [0.5, 0.6) is 5.75 Å². The van der Waals surface area contributed by atoms with Gasteiger partial charge in [-0.05, 0) is 57.3 Å². The van der Waals surface area contributed by atoms with Crippen LogP contribution in [0.15, 0.2) is 30.3 Å². The maximum absolute atomic E-state index is 5.82. The van der Waals surface area contributed by atoms with Gasteiger partial charge in [0.1, 0.15) is 12.4 Å². The summed E-state index contributed by atoms with van der Waals surface area (Å²) >= 11 is 0. The number of para-hydroxylation sites is 1. The highest BCUT2D eigenvalue weighted by atomic mass is 16.5. The standard InChI is InChI=1S/C17H26N2O/c1-19(11-12-20-16-5-3-2-4-6-16)17-8-7-15-13-14(17)9-10-18-15/h2-6,14-15,17-18H,7-13H2,1H3. The number of ether oxygens (including phenoxy) is 1. The Morgan fingerprint density at radius 2 is 2.05 bits per heavy atom. The number of hydrogen-bond donors (Lipinski definition) is 1. The van der Waals surface area contributed by atoms with Gasteiger partial charge in [-0.3, -0.25) is 4.90 Å². The first kappa shape index (κ1) is 13.9. The Kier molecular flexibility index (Phi) is 4.58. The average molecular weight is 274 g/mol. The quantitative estimate of drug-likeness (QED) is 0.893. The van der Waals surface area contributed by atoms with E-state index in [4.69, 9.17) is 4.74 Å². The molecule has 20 heavy (non-hydrogen) atoms. The van der Waals surface area contributed by atoms with E-state index < -0.39 is 0 Å². The van der Waals surface area contributed by atoms with Gasteiger partial charge in [0.05, 0.1) is 0 Å². The first-order valence-electron chi connectivity index (χ1n) is 7.94. The first-order valence-corrected chi connectivity index (χ1v) is 7.94. The summed E-state index contributed by atoms with van der Waals surface area (Å²) < 4.78 is 5.82. The minimum Gasteiger partial charge on any atom is -0.492 e. The van der Waals surface area contributed by atoms with Crippen molar-refractivity contribution in [2.75, 3.05) is 26.7 Å². The van der Waals surface area contributed by atoms with Gasteiger partial charge in [0.2, 0.25) is 0 Å². The van der Waals surface area contributed by atoms with Crippen LogP contribution in [0.2, 0.25) is 0 Å². The lowest BCUT2D eigenvalue weighted by atomic mass is 9.76. The minimum atomic E-state index is 0.757. The zero-order valence-corrected chi connectivity index (χ0v) is 12.4. The molecule has 2 fully saturated rings. The van der Waals surface area contributed by atoms with E-state index in [2.05, 4.69) is 17.3 Å². The van der Waals surface area contributed by atoms with E-state index in [0.717, 1.165) is 36.9 Å². The van der Waals surface area contributed by atoms with Crippen LogP contribution in [0, 0.1) is 5.92 Å². The lowest BCUT2D eigenvalue weighted by Gasteiger charge is -2.44. The Morgan fingerprint density at radius 1 is 1.20 bits per heavy atom. The smallest absolute Gasteiger partial charge is 0.119 e. The molecule has 0 radical (unpaired) electrons. The second-order valence-corrected chi connectivity index (χ2v) is 6.22. The van der Waals surface area contributed by atoms with Crippen LogP contribution in [0.1, 0.15) is 25.7 Å². The summed E-state index contributed by atoms with van der Waals surface area (Å²) in [6, 6.07) is 11.7. The highest BCUT2D eigenvalue weighted by molar-refractivity contribution is 5.20. The molecule has 2 bridgehead atoms. The van der Waals surface area contributed by atoms with E-state index in [9.17, 15) is 0 Å². The van der Waals surface area contributed by atoms with Gasteiger partial charge >= 0.3 is 0 Å². The summed E-state index contributed by atoms with van der Waals surface area (Å²) in [5.74, 6) is 1.86. The molecule has 2 aliphatic rings. The summed E-state index contributed by atoms with van der Waals surface area (Å²) in [5.41, 5.74) is 0. The molecule has 3 rings (SSSR count). The molecule has 110 valence electrons. The van der Waals surface area contributed by atoms with E-state index in [1.54, 1.807) is 0 Å². The Labute approximate surface area is 122 Å². The van der Waals surface area contributed by atoms with Crippen molar-refractivity contribution in [3.8, 4) is 5.75 Å². The number of likely N-dealkylation sites (N-methyl/N-ethyl adjacent to an activating group) is 1. The van der Waals surface area contributed by atoms with Gasteiger partial charge in [0, 0.05) is 18.6 Å². The number of piperidine rings is 1. The van der Waals surface area contributed by atoms with Crippen molar-refractivity contribution < 1.29 is 4.74 Å². The van der Waals surface area contributed by atoms with Crippen molar-refractivity contribution in [1.82, 2.24) is 10.2 Å². The summed E-state index contributed by atoms with van der Waals surface area (Å²) in [6.07, 6.45) is 5.38. The van der Waals surface area contributed by atoms with Gasteiger partial charge in [0.15, 0.2) is 0 Å². The summed E-state index contributed by atoms with van der Waals surface area (Å²) in [6.45, 7) is 3.01. The van der Waals surface area contributed by atoms with Crippen LogP contribution in [-0.2, 0) is 0 Å². The number of rotatable bonds is 5. The Hall–Kier alpha value is -1.06. The summed E-state index contributed by atoms with van der Waals surface area (Å²) in [5, 5.41) is 3.63. The van der Waals surface area contributed by atoms with Crippen LogP contribution in [0.25, 0.3) is 0 Å². The van der Waals surface area contributed by atoms with E-state index in [1.807, 2.05) is 30.3 Å². The third kappa shape index (κ3) is 3.33. The molecule has 0 amide bonds. The first-order chi connectivity index (χ1) is 9.83. The highest BCUT2D eigenvalue weighted by Gasteiger charge is 2.34. The molecule has 1 saturated carbocycles. The number of fused-ring (bicyclic) bond motifs is 2. The largest absolute Gasteiger partial charge is 0.492 e. The molecule has 3 atom stereocenters. The molecule has 0 aromatic heterocycles. The maximum atomic E-state index is 5.82. The minimum absolute atomic E-state index is 0.757. The van der Waals surface area contributed by atoms with Crippen molar-refractivity contribution in [3.63, 3.8) is 0 Å². The second kappa shape index (κ2) is 6.59. The van der Waals surface area contributed by atoms with Gasteiger partial charge < -0.3 is 10.1 Å². The Morgan fingerprint density at radius 3 is 2.90 bits per heavy atom. The van der Waals surface area contributed by atoms with Gasteiger partial charge in [-0.25, -0.2) is 0 Å². The topological polar surface area (TPSA) is 24.5 Å². The zero-order chi connectivity index (χ0) is 13.8. The molecule has 3 nitrogen and oxygen atoms in total. The Balaban J connectivity index is 1.45. The SMILES string of the molecule is CN(CCOc1ccccc1)C1CCC2CC1CCN2. The molecule has 3 heteroatoms. The predicted molar refractivity (Wildman–Crippen MR) is 82.1 cm³/mol. The molecule has 1 heterocycles. The second-order valence-electron chi connectivity index (χ2n) is 6.22. The number of benzene rings is 1.